The number of pyridine rings is 1. The van der Waals surface area contributed by atoms with E-state index in [2.05, 4.69) is 31.7 Å². The van der Waals surface area contributed by atoms with Crippen LogP contribution in [0.4, 0.5) is 0 Å². The van der Waals surface area contributed by atoms with Crippen molar-refractivity contribution in [3.63, 3.8) is 0 Å². The number of aromatic nitrogens is 2. The fourth-order valence-corrected chi connectivity index (χ4v) is 4.59. The first-order valence-electron chi connectivity index (χ1n) is 11.2. The molecule has 0 radical (unpaired) electrons. The minimum absolute atomic E-state index is 0.0957. The topological polar surface area (TPSA) is 110 Å². The molecule has 3 heterocycles. The standard InChI is InChI=1S/C24H30N4O5P/c1-17(29)33-28(16-31-34)12-4-5-21(24(28)25)22-14-20(27-32-22)13-18-7-9-19(10-8-18)15-30-23-6-2-3-11-26-23/h2-3,6-11,14,21,24H,4-5,12-13,15-16,25,34H2,1H3/q+1. The van der Waals surface area contributed by atoms with Gasteiger partial charge in [-0.25, -0.2) is 9.78 Å². The Morgan fingerprint density at radius 1 is 1.24 bits per heavy atom. The first-order chi connectivity index (χ1) is 16.5. The lowest BCUT2D eigenvalue weighted by molar-refractivity contribution is -1.12. The molecule has 180 valence electrons. The summed E-state index contributed by atoms with van der Waals surface area (Å²) >= 11 is 0. The summed E-state index contributed by atoms with van der Waals surface area (Å²) in [5.74, 6) is 0.759. The highest BCUT2D eigenvalue weighted by Gasteiger charge is 2.49. The van der Waals surface area contributed by atoms with E-state index in [-0.39, 0.29) is 17.3 Å². The highest BCUT2D eigenvalue weighted by Crippen LogP contribution is 2.36. The third-order valence-electron chi connectivity index (χ3n) is 5.99. The second-order valence-electron chi connectivity index (χ2n) is 8.46. The van der Waals surface area contributed by atoms with Gasteiger partial charge in [-0.05, 0) is 23.6 Å². The zero-order valence-corrected chi connectivity index (χ0v) is 20.3. The molecule has 4 atom stereocenters. The Bertz CT molecular complexity index is 1070. The molecule has 2 aromatic heterocycles. The van der Waals surface area contributed by atoms with Gasteiger partial charge in [-0.3, -0.25) is 10.6 Å². The van der Waals surface area contributed by atoms with Gasteiger partial charge in [-0.15, -0.1) is 0 Å². The van der Waals surface area contributed by atoms with Crippen LogP contribution in [0.15, 0.2) is 59.3 Å². The number of carbonyl (C=O) groups excluding carboxylic acids is 1. The van der Waals surface area contributed by atoms with E-state index in [1.807, 2.05) is 36.4 Å². The molecule has 1 aliphatic heterocycles. The normalized spacial score (nSPS) is 22.3. The summed E-state index contributed by atoms with van der Waals surface area (Å²) in [5, 5.41) is 4.26. The zero-order valence-electron chi connectivity index (χ0n) is 19.1. The number of hydroxylamine groups is 3. The molecule has 1 aliphatic rings. The Morgan fingerprint density at radius 3 is 2.74 bits per heavy atom. The van der Waals surface area contributed by atoms with Crippen LogP contribution in [0.1, 0.15) is 48.3 Å². The second kappa shape index (κ2) is 11.1. The summed E-state index contributed by atoms with van der Waals surface area (Å²) in [6.07, 6.45) is 3.45. The van der Waals surface area contributed by atoms with Gasteiger partial charge in [0.25, 0.3) is 0 Å². The number of hydrogen-bond donors (Lipinski definition) is 1. The molecule has 0 bridgehead atoms. The summed E-state index contributed by atoms with van der Waals surface area (Å²) in [7, 11) is 2.19. The van der Waals surface area contributed by atoms with Crippen LogP contribution in [0, 0.1) is 0 Å². The highest BCUT2D eigenvalue weighted by molar-refractivity contribution is 7.09. The molecule has 4 rings (SSSR count). The summed E-state index contributed by atoms with van der Waals surface area (Å²) in [6, 6.07) is 15.7. The molecule has 0 saturated carbocycles. The van der Waals surface area contributed by atoms with Crippen molar-refractivity contribution >= 4 is 15.4 Å². The van der Waals surface area contributed by atoms with E-state index in [9.17, 15) is 4.79 Å². The molecule has 3 aromatic rings. The molecular formula is C24H30N4O5P+. The van der Waals surface area contributed by atoms with Gasteiger partial charge in [-0.1, -0.05) is 40.1 Å². The van der Waals surface area contributed by atoms with Gasteiger partial charge in [0.1, 0.15) is 18.9 Å². The molecule has 0 amide bonds. The van der Waals surface area contributed by atoms with Crippen molar-refractivity contribution in [1.29, 1.82) is 0 Å². The maximum absolute atomic E-state index is 11.7. The number of ether oxygens (including phenoxy) is 1. The maximum atomic E-state index is 11.7. The van der Waals surface area contributed by atoms with Crippen molar-refractivity contribution in [3.05, 3.63) is 77.3 Å². The predicted octanol–water partition coefficient (Wildman–Crippen LogP) is 3.46. The summed E-state index contributed by atoms with van der Waals surface area (Å²) in [6.45, 7) is 2.57. The molecule has 9 nitrogen and oxygen atoms in total. The van der Waals surface area contributed by atoms with E-state index in [1.165, 1.54) is 6.92 Å². The fourth-order valence-electron chi connectivity index (χ4n) is 4.34. The quantitative estimate of drug-likeness (QED) is 0.363. The van der Waals surface area contributed by atoms with Crippen LogP contribution in [0.5, 0.6) is 5.88 Å². The van der Waals surface area contributed by atoms with Crippen molar-refractivity contribution < 1.29 is 28.1 Å². The van der Waals surface area contributed by atoms with Gasteiger partial charge in [0.15, 0.2) is 6.17 Å². The van der Waals surface area contributed by atoms with Gasteiger partial charge >= 0.3 is 5.97 Å². The van der Waals surface area contributed by atoms with Crippen molar-refractivity contribution in [2.75, 3.05) is 13.3 Å². The number of likely N-dealkylation sites (tertiary alicyclic amines) is 1. The van der Waals surface area contributed by atoms with E-state index in [1.54, 1.807) is 6.20 Å². The Balaban J connectivity index is 1.39. The Labute approximate surface area is 201 Å². The molecule has 0 aliphatic carbocycles. The van der Waals surface area contributed by atoms with E-state index >= 15 is 0 Å². The van der Waals surface area contributed by atoms with Crippen molar-refractivity contribution in [3.8, 4) is 5.88 Å². The largest absolute Gasteiger partial charge is 0.473 e. The average Bonchev–Trinajstić information content (AvgIpc) is 3.29. The minimum Gasteiger partial charge on any atom is -0.473 e. The average molecular weight is 486 g/mol. The van der Waals surface area contributed by atoms with Gasteiger partial charge in [-0.2, -0.15) is 0 Å². The number of hydrogen-bond acceptors (Lipinski definition) is 8. The molecule has 1 aromatic carbocycles. The second-order valence-corrected chi connectivity index (χ2v) is 8.80. The zero-order chi connectivity index (χ0) is 24.0. The molecular weight excluding hydrogens is 455 g/mol. The summed E-state index contributed by atoms with van der Waals surface area (Å²) < 4.78 is 16.5. The SMILES string of the molecule is CC(=O)O[N+]1(COP)CCCC(c2cc(Cc3ccc(COc4ccccn4)cc3)no2)C1N. The molecule has 1 saturated heterocycles. The van der Waals surface area contributed by atoms with Crippen LogP contribution >= 0.6 is 9.47 Å². The third-order valence-corrected chi connectivity index (χ3v) is 6.14. The maximum Gasteiger partial charge on any atom is 0.363 e. The number of nitrogens with two attached hydrogens (primary N) is 1. The molecule has 34 heavy (non-hydrogen) atoms. The van der Waals surface area contributed by atoms with E-state index < -0.39 is 12.1 Å². The molecule has 2 N–H and O–H groups in total. The third kappa shape index (κ3) is 5.80. The van der Waals surface area contributed by atoms with Gasteiger partial charge < -0.3 is 13.8 Å². The number of nitrogens with zero attached hydrogens (tertiary/aromatic N) is 3. The van der Waals surface area contributed by atoms with Crippen molar-refractivity contribution in [2.24, 2.45) is 5.73 Å². The smallest absolute Gasteiger partial charge is 0.363 e. The van der Waals surface area contributed by atoms with E-state index in [4.69, 9.17) is 24.4 Å². The van der Waals surface area contributed by atoms with Crippen LogP contribution < -0.4 is 10.5 Å². The number of carbonyl (C=O) groups is 1. The number of benzene rings is 1. The number of piperidine rings is 1. The van der Waals surface area contributed by atoms with E-state index in [0.29, 0.717) is 31.2 Å². The Morgan fingerprint density at radius 2 is 2.03 bits per heavy atom. The molecule has 10 heteroatoms. The predicted molar refractivity (Wildman–Crippen MR) is 127 cm³/mol. The first-order valence-corrected chi connectivity index (χ1v) is 11.7. The van der Waals surface area contributed by atoms with Crippen LogP contribution in [0.25, 0.3) is 0 Å². The number of quaternary nitrogens is 1. The van der Waals surface area contributed by atoms with Crippen LogP contribution in [-0.2, 0) is 27.2 Å². The molecule has 4 unspecified atom stereocenters. The number of rotatable bonds is 9. The van der Waals surface area contributed by atoms with Crippen molar-refractivity contribution in [1.82, 2.24) is 10.1 Å². The Hall–Kier alpha value is -2.84. The van der Waals surface area contributed by atoms with Gasteiger partial charge in [0, 0.05) is 47.6 Å². The van der Waals surface area contributed by atoms with Gasteiger partial charge in [0.2, 0.25) is 12.6 Å². The summed E-state index contributed by atoms with van der Waals surface area (Å²) in [5.41, 5.74) is 9.56. The van der Waals surface area contributed by atoms with Crippen LogP contribution in [-0.4, -0.2) is 40.2 Å². The summed E-state index contributed by atoms with van der Waals surface area (Å²) in [4.78, 5) is 21.5. The monoisotopic (exact) mass is 485 g/mol. The van der Waals surface area contributed by atoms with Gasteiger partial charge in [0.05, 0.1) is 11.6 Å². The van der Waals surface area contributed by atoms with Crippen LogP contribution in [0.2, 0.25) is 0 Å². The lowest BCUT2D eigenvalue weighted by Gasteiger charge is -2.43. The first kappa shape index (κ1) is 24.3. The molecule has 1 fully saturated rings. The van der Waals surface area contributed by atoms with Crippen molar-refractivity contribution in [2.45, 2.75) is 44.9 Å². The lowest BCUT2D eigenvalue weighted by atomic mass is 9.91. The highest BCUT2D eigenvalue weighted by atomic mass is 31.0. The fraction of sp³-hybridized carbons (Fsp3) is 0.375. The van der Waals surface area contributed by atoms with E-state index in [0.717, 1.165) is 29.7 Å². The minimum atomic E-state index is -0.516. The Kier molecular flexibility index (Phi) is 7.90. The lowest BCUT2D eigenvalue weighted by Crippen LogP contribution is -2.65. The van der Waals surface area contributed by atoms with Crippen LogP contribution in [0.3, 0.4) is 0 Å². The molecule has 0 spiro atoms.